The molecule has 0 aliphatic carbocycles. The number of ether oxygens (including phenoxy) is 3. The molecule has 1 aliphatic heterocycles. The first-order chi connectivity index (χ1) is 12.0. The lowest BCUT2D eigenvalue weighted by atomic mass is 10.2. The number of rotatable bonds is 7. The van der Waals surface area contributed by atoms with Gasteiger partial charge in [-0.1, -0.05) is 15.9 Å². The third-order valence-corrected chi connectivity index (χ3v) is 3.96. The van der Waals surface area contributed by atoms with E-state index in [9.17, 15) is 15.2 Å². The highest BCUT2D eigenvalue weighted by molar-refractivity contribution is 9.10. The second kappa shape index (κ2) is 7.58. The normalized spacial score (nSPS) is 13.4. The number of hydrogen-bond donors (Lipinski definition) is 2. The molecule has 0 saturated carbocycles. The van der Waals surface area contributed by atoms with Crippen LogP contribution in [0.2, 0.25) is 0 Å². The molecule has 2 aromatic carbocycles. The number of nitro benzene ring substituents is 1. The van der Waals surface area contributed by atoms with E-state index in [-0.39, 0.29) is 25.6 Å². The fourth-order valence-electron chi connectivity index (χ4n) is 2.25. The zero-order valence-electron chi connectivity index (χ0n) is 13.0. The zero-order valence-corrected chi connectivity index (χ0v) is 14.6. The van der Waals surface area contributed by atoms with Gasteiger partial charge >= 0.3 is 0 Å². The van der Waals surface area contributed by atoms with Gasteiger partial charge in [-0.2, -0.15) is 0 Å². The minimum absolute atomic E-state index is 0.0248. The van der Waals surface area contributed by atoms with Gasteiger partial charge in [0.15, 0.2) is 11.5 Å². The van der Waals surface area contributed by atoms with E-state index in [4.69, 9.17) is 14.2 Å². The molecule has 2 N–H and O–H groups in total. The first-order valence-corrected chi connectivity index (χ1v) is 8.20. The summed E-state index contributed by atoms with van der Waals surface area (Å²) in [5, 5.41) is 23.9. The van der Waals surface area contributed by atoms with Gasteiger partial charge < -0.3 is 24.6 Å². The predicted molar refractivity (Wildman–Crippen MR) is 93.4 cm³/mol. The van der Waals surface area contributed by atoms with Crippen LogP contribution in [0, 0.1) is 10.1 Å². The van der Waals surface area contributed by atoms with Gasteiger partial charge in [0.2, 0.25) is 6.79 Å². The molecule has 25 heavy (non-hydrogen) atoms. The van der Waals surface area contributed by atoms with Gasteiger partial charge in [0, 0.05) is 23.2 Å². The van der Waals surface area contributed by atoms with Crippen LogP contribution >= 0.6 is 15.9 Å². The molecular formula is C16H15BrN2O6. The lowest BCUT2D eigenvalue weighted by molar-refractivity contribution is -0.384. The van der Waals surface area contributed by atoms with Crippen molar-refractivity contribution >= 4 is 27.3 Å². The molecule has 0 amide bonds. The second-order valence-electron chi connectivity index (χ2n) is 5.28. The summed E-state index contributed by atoms with van der Waals surface area (Å²) in [7, 11) is 0. The molecule has 0 spiro atoms. The average molecular weight is 411 g/mol. The molecule has 0 saturated heterocycles. The van der Waals surface area contributed by atoms with E-state index in [2.05, 4.69) is 21.2 Å². The van der Waals surface area contributed by atoms with Crippen LogP contribution in [0.4, 0.5) is 11.4 Å². The van der Waals surface area contributed by atoms with Crippen LogP contribution in [0.3, 0.4) is 0 Å². The summed E-state index contributed by atoms with van der Waals surface area (Å²) >= 11 is 3.20. The summed E-state index contributed by atoms with van der Waals surface area (Å²) in [6, 6.07) is 9.79. The van der Waals surface area contributed by atoms with Crippen molar-refractivity contribution in [1.29, 1.82) is 0 Å². The van der Waals surface area contributed by atoms with Crippen LogP contribution in [0.25, 0.3) is 0 Å². The van der Waals surface area contributed by atoms with Gasteiger partial charge in [-0.3, -0.25) is 10.1 Å². The number of halogens is 1. The number of fused-ring (bicyclic) bond motifs is 1. The summed E-state index contributed by atoms with van der Waals surface area (Å²) < 4.78 is 16.6. The van der Waals surface area contributed by atoms with E-state index in [0.29, 0.717) is 27.4 Å². The van der Waals surface area contributed by atoms with Crippen LogP contribution < -0.4 is 19.5 Å². The molecule has 0 radical (unpaired) electrons. The topological polar surface area (TPSA) is 103 Å². The van der Waals surface area contributed by atoms with Crippen molar-refractivity contribution in [2.45, 2.75) is 6.10 Å². The van der Waals surface area contributed by atoms with Crippen molar-refractivity contribution in [1.82, 2.24) is 0 Å². The van der Waals surface area contributed by atoms with E-state index in [1.165, 1.54) is 6.07 Å². The largest absolute Gasteiger partial charge is 0.491 e. The smallest absolute Gasteiger partial charge is 0.293 e. The number of aliphatic hydroxyl groups excluding tert-OH is 1. The van der Waals surface area contributed by atoms with Gasteiger partial charge in [0.25, 0.3) is 5.69 Å². The maximum atomic E-state index is 11.1. The molecule has 8 nitrogen and oxygen atoms in total. The molecule has 2 aromatic rings. The fourth-order valence-corrected chi connectivity index (χ4v) is 2.60. The molecule has 1 heterocycles. The first-order valence-electron chi connectivity index (χ1n) is 7.41. The maximum Gasteiger partial charge on any atom is 0.293 e. The van der Waals surface area contributed by atoms with Gasteiger partial charge in [0.05, 0.1) is 4.92 Å². The van der Waals surface area contributed by atoms with Gasteiger partial charge in [-0.05, 0) is 24.3 Å². The predicted octanol–water partition coefficient (Wildman–Crippen LogP) is 2.94. The summed E-state index contributed by atoms with van der Waals surface area (Å²) in [5.74, 6) is 1.78. The summed E-state index contributed by atoms with van der Waals surface area (Å²) in [5.41, 5.74) is 0.258. The number of nitro groups is 1. The Kier molecular flexibility index (Phi) is 5.25. The standard InChI is InChI=1S/C16H15BrN2O6/c17-10-1-3-13(14(5-10)19(21)22)18-7-11(20)8-23-12-2-4-15-16(6-12)25-9-24-15/h1-6,11,18,20H,7-9H2. The molecule has 132 valence electrons. The Morgan fingerprint density at radius 2 is 2.08 bits per heavy atom. The third-order valence-electron chi connectivity index (χ3n) is 3.47. The quantitative estimate of drug-likeness (QED) is 0.534. The molecule has 1 aliphatic rings. The van der Waals surface area contributed by atoms with Crippen molar-refractivity contribution in [3.8, 4) is 17.2 Å². The van der Waals surface area contributed by atoms with Crippen LogP contribution in [-0.2, 0) is 0 Å². The van der Waals surface area contributed by atoms with Crippen LogP contribution in [0.5, 0.6) is 17.2 Å². The Balaban J connectivity index is 1.53. The minimum atomic E-state index is -0.853. The molecule has 0 fully saturated rings. The number of nitrogens with zero attached hydrogens (tertiary/aromatic N) is 1. The Hall–Kier alpha value is -2.52. The zero-order chi connectivity index (χ0) is 17.8. The molecular weight excluding hydrogens is 396 g/mol. The number of benzene rings is 2. The minimum Gasteiger partial charge on any atom is -0.491 e. The Bertz CT molecular complexity index is 785. The molecule has 9 heteroatoms. The molecule has 3 rings (SSSR count). The Morgan fingerprint density at radius 3 is 2.88 bits per heavy atom. The number of hydrogen-bond acceptors (Lipinski definition) is 7. The highest BCUT2D eigenvalue weighted by Gasteiger charge is 2.16. The highest BCUT2D eigenvalue weighted by atomic mass is 79.9. The van der Waals surface area contributed by atoms with E-state index < -0.39 is 11.0 Å². The third kappa shape index (κ3) is 4.31. The number of nitrogens with one attached hydrogen (secondary N) is 1. The van der Waals surface area contributed by atoms with Gasteiger partial charge in [-0.15, -0.1) is 0 Å². The second-order valence-corrected chi connectivity index (χ2v) is 6.20. The number of anilines is 1. The van der Waals surface area contributed by atoms with Crippen molar-refractivity contribution < 1.29 is 24.2 Å². The van der Waals surface area contributed by atoms with E-state index in [1.807, 2.05) is 0 Å². The van der Waals surface area contributed by atoms with Gasteiger partial charge in [0.1, 0.15) is 24.1 Å². The van der Waals surface area contributed by atoms with E-state index >= 15 is 0 Å². The van der Waals surface area contributed by atoms with E-state index in [0.717, 1.165) is 0 Å². The monoisotopic (exact) mass is 410 g/mol. The summed E-state index contributed by atoms with van der Waals surface area (Å²) in [6.07, 6.45) is -0.853. The molecule has 1 unspecified atom stereocenters. The Morgan fingerprint density at radius 1 is 1.28 bits per heavy atom. The van der Waals surface area contributed by atoms with Crippen molar-refractivity contribution in [2.24, 2.45) is 0 Å². The van der Waals surface area contributed by atoms with Crippen LogP contribution in [0.1, 0.15) is 0 Å². The van der Waals surface area contributed by atoms with E-state index in [1.54, 1.807) is 30.3 Å². The lowest BCUT2D eigenvalue weighted by Crippen LogP contribution is -2.26. The van der Waals surface area contributed by atoms with Crippen molar-refractivity contribution in [3.63, 3.8) is 0 Å². The van der Waals surface area contributed by atoms with Crippen LogP contribution in [-0.4, -0.2) is 36.1 Å². The SMILES string of the molecule is O=[N+]([O-])c1cc(Br)ccc1NCC(O)COc1ccc2c(c1)OCO2. The maximum absolute atomic E-state index is 11.1. The molecule has 1 atom stereocenters. The van der Waals surface area contributed by atoms with Crippen molar-refractivity contribution in [2.75, 3.05) is 25.3 Å². The average Bonchev–Trinajstić information content (AvgIpc) is 3.06. The first kappa shape index (κ1) is 17.3. The van der Waals surface area contributed by atoms with Crippen LogP contribution in [0.15, 0.2) is 40.9 Å². The summed E-state index contributed by atoms with van der Waals surface area (Å²) in [6.45, 7) is 0.307. The molecule has 0 aromatic heterocycles. The summed E-state index contributed by atoms with van der Waals surface area (Å²) in [4.78, 5) is 10.6. The Labute approximate surface area is 151 Å². The van der Waals surface area contributed by atoms with Crippen molar-refractivity contribution in [3.05, 3.63) is 51.0 Å². The number of aliphatic hydroxyl groups is 1. The fraction of sp³-hybridized carbons (Fsp3) is 0.250. The van der Waals surface area contributed by atoms with Gasteiger partial charge in [-0.25, -0.2) is 0 Å². The molecule has 0 bridgehead atoms. The lowest BCUT2D eigenvalue weighted by Gasteiger charge is -2.14. The highest BCUT2D eigenvalue weighted by Crippen LogP contribution is 2.35.